The lowest BCUT2D eigenvalue weighted by Crippen LogP contribution is -2.56. The molecule has 0 aromatic rings. The molecule has 1 atom stereocenters. The molecule has 27 heavy (non-hydrogen) atoms. The smallest absolute Gasteiger partial charge is 0.317 e. The zero-order chi connectivity index (χ0) is 19.6. The van der Waals surface area contributed by atoms with E-state index in [1.54, 1.807) is 4.90 Å². The van der Waals surface area contributed by atoms with Crippen LogP contribution in [0.15, 0.2) is 0 Å². The Balaban J connectivity index is 1.40. The fourth-order valence-corrected chi connectivity index (χ4v) is 3.96. The lowest BCUT2D eigenvalue weighted by molar-refractivity contribution is -0.140. The van der Waals surface area contributed by atoms with Crippen molar-refractivity contribution in [1.29, 1.82) is 0 Å². The quantitative estimate of drug-likeness (QED) is 0.547. The van der Waals surface area contributed by atoms with Gasteiger partial charge in [-0.1, -0.05) is 0 Å². The topological polar surface area (TPSA) is 93.2 Å². The zero-order valence-corrected chi connectivity index (χ0v) is 16.4. The number of carbonyl (C=O) groups is 3. The number of likely N-dealkylation sites (N-methyl/N-ethyl adjacent to an activating group) is 1. The Bertz CT molecular complexity index is 572. The van der Waals surface area contributed by atoms with E-state index in [-0.39, 0.29) is 36.4 Å². The summed E-state index contributed by atoms with van der Waals surface area (Å²) < 4.78 is 0. The van der Waals surface area contributed by atoms with Gasteiger partial charge < -0.3 is 20.2 Å². The van der Waals surface area contributed by atoms with Gasteiger partial charge in [-0.25, -0.2) is 0 Å². The zero-order valence-electron chi connectivity index (χ0n) is 16.4. The summed E-state index contributed by atoms with van der Waals surface area (Å²) >= 11 is 0. The van der Waals surface area contributed by atoms with Crippen molar-refractivity contribution >= 4 is 17.8 Å². The van der Waals surface area contributed by atoms with Gasteiger partial charge in [0, 0.05) is 44.7 Å². The first kappa shape index (κ1) is 20.1. The molecule has 0 radical (unpaired) electrons. The number of hydrogen-bond donors (Lipinski definition) is 2. The van der Waals surface area contributed by atoms with Gasteiger partial charge in [0.15, 0.2) is 0 Å². The number of likely N-dealkylation sites (tertiary alicyclic amines) is 1. The number of hydrogen-bond acceptors (Lipinski definition) is 5. The molecule has 0 aromatic carbocycles. The van der Waals surface area contributed by atoms with E-state index in [4.69, 9.17) is 5.11 Å². The number of aliphatic carboxylic acids is 1. The van der Waals surface area contributed by atoms with Crippen molar-refractivity contribution < 1.29 is 19.5 Å². The highest BCUT2D eigenvalue weighted by Gasteiger charge is 2.40. The summed E-state index contributed by atoms with van der Waals surface area (Å²) in [7, 11) is 3.93. The molecule has 3 fully saturated rings. The number of nitrogens with one attached hydrogen (secondary N) is 1. The van der Waals surface area contributed by atoms with Crippen LogP contribution in [0.1, 0.15) is 32.1 Å². The van der Waals surface area contributed by atoms with Crippen LogP contribution in [0.2, 0.25) is 0 Å². The highest BCUT2D eigenvalue weighted by molar-refractivity contribution is 5.89. The molecule has 2 N–H and O–H groups in total. The van der Waals surface area contributed by atoms with Gasteiger partial charge >= 0.3 is 5.97 Å². The summed E-state index contributed by atoms with van der Waals surface area (Å²) in [5.74, 6) is -0.381. The summed E-state index contributed by atoms with van der Waals surface area (Å²) in [5, 5.41) is 12.2. The molecule has 3 rings (SSSR count). The van der Waals surface area contributed by atoms with E-state index in [9.17, 15) is 14.4 Å². The third kappa shape index (κ3) is 5.65. The van der Waals surface area contributed by atoms with E-state index in [1.165, 1.54) is 12.8 Å². The van der Waals surface area contributed by atoms with Gasteiger partial charge in [0.1, 0.15) is 0 Å². The minimum atomic E-state index is -0.787. The Kier molecular flexibility index (Phi) is 6.37. The van der Waals surface area contributed by atoms with Crippen LogP contribution < -0.4 is 5.32 Å². The molecule has 0 spiro atoms. The van der Waals surface area contributed by atoms with Crippen molar-refractivity contribution in [2.75, 3.05) is 46.8 Å². The number of carboxylic acid groups (broad SMARTS) is 1. The Morgan fingerprint density at radius 3 is 2.56 bits per heavy atom. The van der Waals surface area contributed by atoms with E-state index in [2.05, 4.69) is 10.2 Å². The molecule has 1 saturated heterocycles. The Morgan fingerprint density at radius 1 is 1.26 bits per heavy atom. The standard InChI is InChI=1S/C19H32N4O4/c1-21(2)5-6-22-11-14(7-17(22)24)19(27)20-15-8-16(9-15)23(12-18(25)26)10-13-3-4-13/h13-16H,3-12H2,1-2H3,(H,20,27)(H,25,26). The molecule has 8 nitrogen and oxygen atoms in total. The van der Waals surface area contributed by atoms with Crippen molar-refractivity contribution in [2.24, 2.45) is 11.8 Å². The first-order chi connectivity index (χ1) is 12.8. The molecule has 2 saturated carbocycles. The predicted octanol–water partition coefficient (Wildman–Crippen LogP) is -0.160. The second kappa shape index (κ2) is 8.56. The van der Waals surface area contributed by atoms with E-state index >= 15 is 0 Å². The van der Waals surface area contributed by atoms with E-state index in [1.807, 2.05) is 19.0 Å². The third-order valence-corrected chi connectivity index (χ3v) is 5.91. The van der Waals surface area contributed by atoms with Crippen LogP contribution >= 0.6 is 0 Å². The van der Waals surface area contributed by atoms with Crippen LogP contribution in [-0.2, 0) is 14.4 Å². The minimum Gasteiger partial charge on any atom is -0.480 e. The molecule has 1 unspecified atom stereocenters. The SMILES string of the molecule is CN(C)CCN1CC(C(=O)NC2CC(N(CC(=O)O)CC3CC3)C2)CC1=O. The van der Waals surface area contributed by atoms with Gasteiger partial charge in [0.05, 0.1) is 12.5 Å². The Labute approximate surface area is 160 Å². The molecule has 0 aromatic heterocycles. The fraction of sp³-hybridized carbons (Fsp3) is 0.842. The number of carboxylic acids is 1. The molecule has 3 aliphatic rings. The number of rotatable bonds is 10. The molecule has 1 aliphatic heterocycles. The van der Waals surface area contributed by atoms with Gasteiger partial charge in [-0.05, 0) is 45.7 Å². The molecule has 2 aliphatic carbocycles. The van der Waals surface area contributed by atoms with Crippen LogP contribution in [0, 0.1) is 11.8 Å². The van der Waals surface area contributed by atoms with Crippen LogP contribution in [-0.4, -0.2) is 96.5 Å². The average Bonchev–Trinajstić information content (AvgIpc) is 3.27. The van der Waals surface area contributed by atoms with Crippen molar-refractivity contribution in [2.45, 2.75) is 44.2 Å². The maximum atomic E-state index is 12.5. The van der Waals surface area contributed by atoms with Crippen molar-refractivity contribution in [3.05, 3.63) is 0 Å². The Morgan fingerprint density at radius 2 is 1.96 bits per heavy atom. The summed E-state index contributed by atoms with van der Waals surface area (Å²) in [6.45, 7) is 2.90. The largest absolute Gasteiger partial charge is 0.480 e. The highest BCUT2D eigenvalue weighted by atomic mass is 16.4. The van der Waals surface area contributed by atoms with Crippen LogP contribution in [0.5, 0.6) is 0 Å². The van der Waals surface area contributed by atoms with Gasteiger partial charge in [0.2, 0.25) is 11.8 Å². The monoisotopic (exact) mass is 380 g/mol. The lowest BCUT2D eigenvalue weighted by Gasteiger charge is -2.43. The van der Waals surface area contributed by atoms with Crippen molar-refractivity contribution in [3.63, 3.8) is 0 Å². The summed E-state index contributed by atoms with van der Waals surface area (Å²) in [4.78, 5) is 41.6. The second-order valence-corrected chi connectivity index (χ2v) is 8.64. The van der Waals surface area contributed by atoms with Crippen LogP contribution in [0.25, 0.3) is 0 Å². The number of nitrogens with zero attached hydrogens (tertiary/aromatic N) is 3. The van der Waals surface area contributed by atoms with Crippen LogP contribution in [0.4, 0.5) is 0 Å². The maximum Gasteiger partial charge on any atom is 0.317 e. The van der Waals surface area contributed by atoms with Crippen molar-refractivity contribution in [1.82, 2.24) is 20.0 Å². The molecule has 2 amide bonds. The fourth-order valence-electron chi connectivity index (χ4n) is 3.96. The summed E-state index contributed by atoms with van der Waals surface area (Å²) in [5.41, 5.74) is 0. The average molecular weight is 380 g/mol. The van der Waals surface area contributed by atoms with Gasteiger partial charge in [-0.15, -0.1) is 0 Å². The number of carbonyl (C=O) groups excluding carboxylic acids is 2. The highest BCUT2D eigenvalue weighted by Crippen LogP contribution is 2.34. The normalized spacial score (nSPS) is 27.9. The summed E-state index contributed by atoms with van der Waals surface area (Å²) in [6, 6.07) is 0.345. The molecule has 8 heteroatoms. The third-order valence-electron chi connectivity index (χ3n) is 5.91. The van der Waals surface area contributed by atoms with E-state index in [0.29, 0.717) is 25.4 Å². The van der Waals surface area contributed by atoms with Gasteiger partial charge in [0.25, 0.3) is 0 Å². The summed E-state index contributed by atoms with van der Waals surface area (Å²) in [6.07, 6.45) is 4.29. The molecular weight excluding hydrogens is 348 g/mol. The van der Waals surface area contributed by atoms with Crippen molar-refractivity contribution in [3.8, 4) is 0 Å². The lowest BCUT2D eigenvalue weighted by atomic mass is 9.84. The number of amides is 2. The molecular formula is C19H32N4O4. The first-order valence-corrected chi connectivity index (χ1v) is 10.0. The maximum absolute atomic E-state index is 12.5. The predicted molar refractivity (Wildman–Crippen MR) is 100 cm³/mol. The van der Waals surface area contributed by atoms with Gasteiger partial charge in [-0.3, -0.25) is 19.3 Å². The molecule has 1 heterocycles. The second-order valence-electron chi connectivity index (χ2n) is 8.64. The van der Waals surface area contributed by atoms with Crippen LogP contribution in [0.3, 0.4) is 0 Å². The van der Waals surface area contributed by atoms with Gasteiger partial charge in [-0.2, -0.15) is 0 Å². The van der Waals surface area contributed by atoms with E-state index in [0.717, 1.165) is 25.9 Å². The van der Waals surface area contributed by atoms with E-state index < -0.39 is 5.97 Å². The minimum absolute atomic E-state index is 0.0360. The molecule has 152 valence electrons. The Hall–Kier alpha value is -1.67. The first-order valence-electron chi connectivity index (χ1n) is 10.0. The molecule has 0 bridgehead atoms.